The Morgan fingerprint density at radius 3 is 2.50 bits per heavy atom. The maximum Gasteiger partial charge on any atom is 0.258 e. The lowest BCUT2D eigenvalue weighted by Crippen LogP contribution is -2.30. The van der Waals surface area contributed by atoms with E-state index in [4.69, 9.17) is 4.74 Å². The highest BCUT2D eigenvalue weighted by atomic mass is 16.5. The van der Waals surface area contributed by atoms with Crippen LogP contribution < -0.4 is 15.6 Å². The number of aromatic nitrogens is 1. The van der Waals surface area contributed by atoms with Crippen molar-refractivity contribution in [2.24, 2.45) is 0 Å². The molecule has 3 aromatic rings. The number of pyridine rings is 1. The van der Waals surface area contributed by atoms with Crippen molar-refractivity contribution < 1.29 is 9.53 Å². The summed E-state index contributed by atoms with van der Waals surface area (Å²) in [5.74, 6) is 0.366. The molecular weight excluding hydrogens is 328 g/mol. The van der Waals surface area contributed by atoms with Crippen molar-refractivity contribution >= 4 is 16.8 Å². The Balaban J connectivity index is 1.65. The standard InChI is InChI=1S/C21H22N2O3/c1-13-4-6-18(7-5-13)26-12-19(24)22-11-17-10-16-9-14(2)8-15(3)20(16)23-21(17)25/h4-10H,11-12H2,1-3H3,(H,22,24)(H,23,25). The first-order valence-corrected chi connectivity index (χ1v) is 8.52. The van der Waals surface area contributed by atoms with Crippen LogP contribution in [0.3, 0.4) is 0 Å². The molecule has 0 aliphatic heterocycles. The second-order valence-corrected chi connectivity index (χ2v) is 6.55. The number of H-pyrrole nitrogens is 1. The number of aromatic amines is 1. The minimum absolute atomic E-state index is 0.0905. The van der Waals surface area contributed by atoms with Crippen LogP contribution in [0.25, 0.3) is 10.9 Å². The number of ether oxygens (including phenoxy) is 1. The lowest BCUT2D eigenvalue weighted by molar-refractivity contribution is -0.123. The van der Waals surface area contributed by atoms with Crippen LogP contribution in [0.15, 0.2) is 47.3 Å². The second kappa shape index (κ2) is 7.44. The van der Waals surface area contributed by atoms with Gasteiger partial charge >= 0.3 is 0 Å². The number of fused-ring (bicyclic) bond motifs is 1. The summed E-state index contributed by atoms with van der Waals surface area (Å²) >= 11 is 0. The van der Waals surface area contributed by atoms with Crippen molar-refractivity contribution in [1.29, 1.82) is 0 Å². The minimum atomic E-state index is -0.273. The summed E-state index contributed by atoms with van der Waals surface area (Å²) in [7, 11) is 0. The summed E-state index contributed by atoms with van der Waals surface area (Å²) in [6, 6.07) is 13.4. The number of hydrogen-bond acceptors (Lipinski definition) is 3. The highest BCUT2D eigenvalue weighted by molar-refractivity contribution is 5.83. The van der Waals surface area contributed by atoms with Gasteiger partial charge in [0.2, 0.25) is 0 Å². The van der Waals surface area contributed by atoms with Crippen molar-refractivity contribution in [3.63, 3.8) is 0 Å². The average Bonchev–Trinajstić information content (AvgIpc) is 2.60. The van der Waals surface area contributed by atoms with Crippen molar-refractivity contribution in [2.75, 3.05) is 6.61 Å². The van der Waals surface area contributed by atoms with Crippen molar-refractivity contribution in [2.45, 2.75) is 27.3 Å². The molecule has 134 valence electrons. The second-order valence-electron chi connectivity index (χ2n) is 6.55. The van der Waals surface area contributed by atoms with E-state index in [0.29, 0.717) is 11.3 Å². The average molecular weight is 350 g/mol. The van der Waals surface area contributed by atoms with Crippen LogP contribution in [0.2, 0.25) is 0 Å². The van der Waals surface area contributed by atoms with Gasteiger partial charge in [-0.1, -0.05) is 29.3 Å². The Hall–Kier alpha value is -3.08. The monoisotopic (exact) mass is 350 g/mol. The van der Waals surface area contributed by atoms with Crippen LogP contribution >= 0.6 is 0 Å². The lowest BCUT2D eigenvalue weighted by atomic mass is 10.1. The number of amides is 1. The number of aryl methyl sites for hydroxylation is 3. The summed E-state index contributed by atoms with van der Waals surface area (Å²) in [6.45, 7) is 6.04. The van der Waals surface area contributed by atoms with Crippen LogP contribution in [0, 0.1) is 20.8 Å². The van der Waals surface area contributed by atoms with E-state index in [1.165, 1.54) is 0 Å². The van der Waals surface area contributed by atoms with Gasteiger partial charge < -0.3 is 15.0 Å². The first-order valence-electron chi connectivity index (χ1n) is 8.52. The molecule has 2 aromatic carbocycles. The molecule has 0 fully saturated rings. The van der Waals surface area contributed by atoms with Gasteiger partial charge in [-0.3, -0.25) is 9.59 Å². The van der Waals surface area contributed by atoms with E-state index >= 15 is 0 Å². The lowest BCUT2D eigenvalue weighted by Gasteiger charge is -2.09. The summed E-state index contributed by atoms with van der Waals surface area (Å²) in [5, 5.41) is 3.69. The van der Waals surface area contributed by atoms with Crippen LogP contribution in [-0.4, -0.2) is 17.5 Å². The molecule has 2 N–H and O–H groups in total. The van der Waals surface area contributed by atoms with E-state index in [9.17, 15) is 9.59 Å². The van der Waals surface area contributed by atoms with Gasteiger partial charge in [0, 0.05) is 12.1 Å². The smallest absolute Gasteiger partial charge is 0.258 e. The van der Waals surface area contributed by atoms with Gasteiger partial charge in [0.05, 0.1) is 5.52 Å². The Labute approximate surface area is 152 Å². The summed E-state index contributed by atoms with van der Waals surface area (Å²) < 4.78 is 5.45. The third kappa shape index (κ3) is 4.11. The van der Waals surface area contributed by atoms with E-state index in [0.717, 1.165) is 27.6 Å². The van der Waals surface area contributed by atoms with Crippen LogP contribution in [0.4, 0.5) is 0 Å². The largest absolute Gasteiger partial charge is 0.484 e. The minimum Gasteiger partial charge on any atom is -0.484 e. The molecule has 0 spiro atoms. The summed E-state index contributed by atoms with van der Waals surface area (Å²) in [5.41, 5.74) is 4.44. The maximum absolute atomic E-state index is 12.3. The first kappa shape index (κ1) is 17.7. The maximum atomic E-state index is 12.3. The molecule has 1 amide bonds. The van der Waals surface area contributed by atoms with Crippen molar-refractivity contribution in [1.82, 2.24) is 10.3 Å². The number of carbonyl (C=O) groups excluding carboxylic acids is 1. The number of carbonyl (C=O) groups is 1. The number of hydrogen-bond donors (Lipinski definition) is 2. The molecule has 1 aromatic heterocycles. The zero-order chi connectivity index (χ0) is 18.7. The fourth-order valence-electron chi connectivity index (χ4n) is 2.89. The third-order valence-electron chi connectivity index (χ3n) is 4.24. The van der Waals surface area contributed by atoms with E-state index in [-0.39, 0.29) is 24.6 Å². The molecule has 26 heavy (non-hydrogen) atoms. The molecule has 1 heterocycles. The molecule has 0 aliphatic rings. The Morgan fingerprint density at radius 1 is 1.04 bits per heavy atom. The molecule has 5 nitrogen and oxygen atoms in total. The quantitative estimate of drug-likeness (QED) is 0.742. The molecule has 0 saturated carbocycles. The van der Waals surface area contributed by atoms with Gasteiger partial charge in [-0.05, 0) is 56.0 Å². The highest BCUT2D eigenvalue weighted by Gasteiger charge is 2.08. The summed E-state index contributed by atoms with van der Waals surface area (Å²) in [4.78, 5) is 27.1. The van der Waals surface area contributed by atoms with Crippen LogP contribution in [0.1, 0.15) is 22.3 Å². The number of nitrogens with one attached hydrogen (secondary N) is 2. The third-order valence-corrected chi connectivity index (χ3v) is 4.24. The zero-order valence-electron chi connectivity index (χ0n) is 15.2. The molecule has 0 atom stereocenters. The van der Waals surface area contributed by atoms with Gasteiger partial charge in [0.25, 0.3) is 11.5 Å². The number of rotatable bonds is 5. The normalized spacial score (nSPS) is 10.7. The van der Waals surface area contributed by atoms with E-state index in [1.54, 1.807) is 0 Å². The molecular formula is C21H22N2O3. The predicted molar refractivity (Wildman–Crippen MR) is 103 cm³/mol. The molecule has 0 saturated heterocycles. The van der Waals surface area contributed by atoms with Gasteiger partial charge in [0.15, 0.2) is 6.61 Å². The SMILES string of the molecule is Cc1ccc(OCC(=O)NCc2cc3cc(C)cc(C)c3[nH]c2=O)cc1. The Morgan fingerprint density at radius 2 is 1.77 bits per heavy atom. The fraction of sp³-hybridized carbons (Fsp3) is 0.238. The number of benzene rings is 2. The van der Waals surface area contributed by atoms with Gasteiger partial charge in [-0.15, -0.1) is 0 Å². The topological polar surface area (TPSA) is 71.2 Å². The van der Waals surface area contributed by atoms with Gasteiger partial charge in [-0.25, -0.2) is 0 Å². The molecule has 0 aliphatic carbocycles. The van der Waals surface area contributed by atoms with E-state index < -0.39 is 0 Å². The predicted octanol–water partition coefficient (Wildman–Crippen LogP) is 3.15. The fourth-order valence-corrected chi connectivity index (χ4v) is 2.89. The molecule has 0 bridgehead atoms. The van der Waals surface area contributed by atoms with Gasteiger partial charge in [-0.2, -0.15) is 0 Å². The van der Waals surface area contributed by atoms with Gasteiger partial charge in [0.1, 0.15) is 5.75 Å². The highest BCUT2D eigenvalue weighted by Crippen LogP contribution is 2.18. The zero-order valence-corrected chi connectivity index (χ0v) is 15.2. The Bertz CT molecular complexity index is 1000. The van der Waals surface area contributed by atoms with Crippen molar-refractivity contribution in [3.05, 3.63) is 75.1 Å². The van der Waals surface area contributed by atoms with Crippen molar-refractivity contribution in [3.8, 4) is 5.75 Å². The van der Waals surface area contributed by atoms with Crippen LogP contribution in [-0.2, 0) is 11.3 Å². The van der Waals surface area contributed by atoms with Crippen LogP contribution in [0.5, 0.6) is 5.75 Å². The van der Waals surface area contributed by atoms with E-state index in [1.807, 2.05) is 63.2 Å². The molecule has 5 heteroatoms. The molecule has 0 unspecified atom stereocenters. The summed E-state index contributed by atoms with van der Waals surface area (Å²) in [6.07, 6.45) is 0. The van der Waals surface area contributed by atoms with E-state index in [2.05, 4.69) is 10.3 Å². The Kier molecular flexibility index (Phi) is 5.07. The first-order chi connectivity index (χ1) is 12.4. The molecule has 3 rings (SSSR count). The molecule has 0 radical (unpaired) electrons.